The summed E-state index contributed by atoms with van der Waals surface area (Å²) in [5, 5.41) is 0. The predicted molar refractivity (Wildman–Crippen MR) is 111 cm³/mol. The molecule has 8 nitrogen and oxygen atoms in total. The molecule has 0 radical (unpaired) electrons. The molecule has 3 heterocycles. The highest BCUT2D eigenvalue weighted by Crippen LogP contribution is 2.28. The first kappa shape index (κ1) is 20.5. The van der Waals surface area contributed by atoms with Crippen molar-refractivity contribution in [2.75, 3.05) is 0 Å². The minimum Gasteiger partial charge on any atom is -0.458 e. The number of nitrogens with zero attached hydrogens (tertiary/aromatic N) is 3. The van der Waals surface area contributed by atoms with Gasteiger partial charge in [-0.3, -0.25) is 23.7 Å². The second-order valence-corrected chi connectivity index (χ2v) is 7.48. The van der Waals surface area contributed by atoms with Crippen molar-refractivity contribution >= 4 is 23.4 Å². The van der Waals surface area contributed by atoms with Crippen molar-refractivity contribution in [1.29, 1.82) is 0 Å². The van der Waals surface area contributed by atoms with E-state index in [0.717, 1.165) is 4.90 Å². The van der Waals surface area contributed by atoms with E-state index in [4.69, 9.17) is 4.74 Å². The number of carbonyl (C=O) groups is 3. The fraction of sp³-hybridized carbons (Fsp3) is 0.261. The molecule has 0 saturated carbocycles. The Bertz CT molecular complexity index is 1210. The van der Waals surface area contributed by atoms with Crippen molar-refractivity contribution in [3.05, 3.63) is 81.9 Å². The molecule has 0 unspecified atom stereocenters. The maximum Gasteiger partial charge on any atom is 0.330 e. The lowest BCUT2D eigenvalue weighted by molar-refractivity contribution is -0.151. The minimum atomic E-state index is -1.07. The predicted octanol–water partition coefficient (Wildman–Crippen LogP) is 2.45. The van der Waals surface area contributed by atoms with Gasteiger partial charge in [-0.2, -0.15) is 0 Å². The van der Waals surface area contributed by atoms with Crippen LogP contribution in [0.1, 0.15) is 46.7 Å². The van der Waals surface area contributed by atoms with Gasteiger partial charge >= 0.3 is 5.97 Å². The van der Waals surface area contributed by atoms with Crippen LogP contribution in [0.4, 0.5) is 0 Å². The Morgan fingerprint density at radius 2 is 1.68 bits per heavy atom. The van der Waals surface area contributed by atoms with E-state index in [1.807, 2.05) is 6.92 Å². The maximum absolute atomic E-state index is 13.0. The Morgan fingerprint density at radius 1 is 1.03 bits per heavy atom. The Labute approximate surface area is 178 Å². The van der Waals surface area contributed by atoms with Crippen molar-refractivity contribution in [2.45, 2.75) is 32.9 Å². The topological polar surface area (TPSA) is 98.1 Å². The molecule has 2 aromatic heterocycles. The van der Waals surface area contributed by atoms with Gasteiger partial charge < -0.3 is 4.74 Å². The Morgan fingerprint density at radius 3 is 2.32 bits per heavy atom. The normalized spacial score (nSPS) is 15.1. The molecular formula is C23H21N3O5. The molecule has 31 heavy (non-hydrogen) atoms. The van der Waals surface area contributed by atoms with Crippen LogP contribution in [-0.4, -0.2) is 38.1 Å². The van der Waals surface area contributed by atoms with Gasteiger partial charge in [-0.25, -0.2) is 9.78 Å². The number of pyridine rings is 1. The zero-order valence-corrected chi connectivity index (χ0v) is 17.1. The molecule has 3 aromatic rings. The quantitative estimate of drug-likeness (QED) is 0.450. The summed E-state index contributed by atoms with van der Waals surface area (Å²) in [6.45, 7) is 3.42. The zero-order chi connectivity index (χ0) is 22.1. The molecule has 1 aromatic carbocycles. The van der Waals surface area contributed by atoms with Crippen LogP contribution in [0.3, 0.4) is 0 Å². The summed E-state index contributed by atoms with van der Waals surface area (Å²) in [7, 11) is 0. The fourth-order valence-corrected chi connectivity index (χ4v) is 3.68. The van der Waals surface area contributed by atoms with Gasteiger partial charge in [0.2, 0.25) is 0 Å². The lowest BCUT2D eigenvalue weighted by Crippen LogP contribution is -2.49. The first-order chi connectivity index (χ1) is 14.9. The van der Waals surface area contributed by atoms with Crippen LogP contribution in [0.15, 0.2) is 59.5 Å². The molecule has 2 atom stereocenters. The zero-order valence-electron chi connectivity index (χ0n) is 17.1. The molecule has 4 rings (SSSR count). The number of carbonyl (C=O) groups excluding carboxylic acids is 3. The van der Waals surface area contributed by atoms with Gasteiger partial charge in [-0.1, -0.05) is 38.5 Å². The first-order valence-corrected chi connectivity index (χ1v) is 10.0. The highest BCUT2D eigenvalue weighted by molar-refractivity contribution is 6.22. The number of aromatic nitrogens is 2. The molecule has 0 saturated heterocycles. The van der Waals surface area contributed by atoms with Crippen molar-refractivity contribution in [3.63, 3.8) is 0 Å². The number of rotatable bonds is 6. The number of amides is 2. The summed E-state index contributed by atoms with van der Waals surface area (Å²) >= 11 is 0. The van der Waals surface area contributed by atoms with E-state index >= 15 is 0 Å². The molecule has 0 N–H and O–H groups in total. The SMILES string of the molecule is CC[C@@H](C)[C@@H](C(=O)OCc1cc(=O)n2ccccc2n1)N1C(=O)c2ccccc2C1=O. The maximum atomic E-state index is 13.0. The van der Waals surface area contributed by atoms with Gasteiger partial charge in [0, 0.05) is 12.3 Å². The Hall–Kier alpha value is -3.81. The molecule has 0 fully saturated rings. The number of fused-ring (bicyclic) bond motifs is 2. The standard InChI is InChI=1S/C23H21N3O5/c1-3-14(2)20(26-21(28)16-8-4-5-9-17(16)22(26)29)23(30)31-13-15-12-19(27)25-11-7-6-10-18(25)24-15/h4-12,14,20H,3,13H2,1-2H3/t14-,20+/m1/s1. The van der Waals surface area contributed by atoms with Crippen LogP contribution in [0.5, 0.6) is 0 Å². The molecule has 158 valence electrons. The second-order valence-electron chi connectivity index (χ2n) is 7.48. The second kappa shape index (κ2) is 8.14. The largest absolute Gasteiger partial charge is 0.458 e. The summed E-state index contributed by atoms with van der Waals surface area (Å²) < 4.78 is 6.81. The number of hydrogen-bond donors (Lipinski definition) is 0. The minimum absolute atomic E-state index is 0.241. The summed E-state index contributed by atoms with van der Waals surface area (Å²) in [6, 6.07) is 11.9. The van der Waals surface area contributed by atoms with E-state index in [-0.39, 0.29) is 34.9 Å². The van der Waals surface area contributed by atoms with Gasteiger partial charge in [0.1, 0.15) is 18.3 Å². The van der Waals surface area contributed by atoms with Crippen LogP contribution in [0, 0.1) is 5.92 Å². The van der Waals surface area contributed by atoms with Crippen LogP contribution >= 0.6 is 0 Å². The van der Waals surface area contributed by atoms with Crippen LogP contribution in [0.2, 0.25) is 0 Å². The van der Waals surface area contributed by atoms with Gasteiger partial charge in [0.25, 0.3) is 17.4 Å². The van der Waals surface area contributed by atoms with Crippen LogP contribution in [0.25, 0.3) is 5.65 Å². The third-order valence-electron chi connectivity index (χ3n) is 5.51. The summed E-state index contributed by atoms with van der Waals surface area (Å²) in [5.41, 5.74) is 0.973. The van der Waals surface area contributed by atoms with Crippen molar-refractivity contribution in [1.82, 2.24) is 14.3 Å². The van der Waals surface area contributed by atoms with Gasteiger partial charge in [0.05, 0.1) is 16.8 Å². The highest BCUT2D eigenvalue weighted by atomic mass is 16.5. The summed E-state index contributed by atoms with van der Waals surface area (Å²) in [4.78, 5) is 56.3. The van der Waals surface area contributed by atoms with E-state index in [9.17, 15) is 19.2 Å². The fourth-order valence-electron chi connectivity index (χ4n) is 3.68. The molecule has 1 aliphatic rings. The monoisotopic (exact) mass is 419 g/mol. The third kappa shape index (κ3) is 3.61. The average molecular weight is 419 g/mol. The summed E-state index contributed by atoms with van der Waals surface area (Å²) in [5.74, 6) is -2.04. The van der Waals surface area contributed by atoms with Crippen molar-refractivity contribution in [2.24, 2.45) is 5.92 Å². The molecule has 0 spiro atoms. The lowest BCUT2D eigenvalue weighted by atomic mass is 9.97. The number of benzene rings is 1. The first-order valence-electron chi connectivity index (χ1n) is 10.0. The van der Waals surface area contributed by atoms with Crippen LogP contribution in [-0.2, 0) is 16.1 Å². The third-order valence-corrected chi connectivity index (χ3v) is 5.51. The van der Waals surface area contributed by atoms with Crippen molar-refractivity contribution in [3.8, 4) is 0 Å². The highest BCUT2D eigenvalue weighted by Gasteiger charge is 2.45. The number of imide groups is 1. The Balaban J connectivity index is 1.58. The van der Waals surface area contributed by atoms with Gasteiger partial charge in [0.15, 0.2) is 0 Å². The van der Waals surface area contributed by atoms with E-state index in [1.165, 1.54) is 10.5 Å². The molecule has 2 amide bonds. The van der Waals surface area contributed by atoms with Gasteiger partial charge in [-0.05, 0) is 30.2 Å². The molecule has 8 heteroatoms. The Kier molecular flexibility index (Phi) is 5.37. The number of hydrogen-bond acceptors (Lipinski definition) is 6. The van der Waals surface area contributed by atoms with E-state index in [0.29, 0.717) is 12.1 Å². The average Bonchev–Trinajstić information content (AvgIpc) is 3.03. The lowest BCUT2D eigenvalue weighted by Gasteiger charge is -2.28. The van der Waals surface area contributed by atoms with E-state index < -0.39 is 23.8 Å². The van der Waals surface area contributed by atoms with E-state index in [2.05, 4.69) is 4.98 Å². The van der Waals surface area contributed by atoms with E-state index in [1.54, 1.807) is 55.6 Å². The number of esters is 1. The van der Waals surface area contributed by atoms with Gasteiger partial charge in [-0.15, -0.1) is 0 Å². The molecule has 0 aliphatic carbocycles. The molecule has 1 aliphatic heterocycles. The van der Waals surface area contributed by atoms with Crippen LogP contribution < -0.4 is 5.56 Å². The number of ether oxygens (including phenoxy) is 1. The van der Waals surface area contributed by atoms with Crippen molar-refractivity contribution < 1.29 is 19.1 Å². The smallest absolute Gasteiger partial charge is 0.330 e. The molecular weight excluding hydrogens is 398 g/mol. The summed E-state index contributed by atoms with van der Waals surface area (Å²) in [6.07, 6.45) is 2.16. The molecule has 0 bridgehead atoms.